The van der Waals surface area contributed by atoms with E-state index in [1.165, 1.54) is 0 Å². The number of nitrogens with one attached hydrogen (secondary N) is 2. The van der Waals surface area contributed by atoms with Crippen LogP contribution in [0.4, 0.5) is 0 Å². The van der Waals surface area contributed by atoms with Crippen LogP contribution in [0.3, 0.4) is 0 Å². The first-order valence-electron chi connectivity index (χ1n) is 6.87. The first kappa shape index (κ1) is 17.4. The van der Waals surface area contributed by atoms with Gasteiger partial charge in [0, 0.05) is 25.8 Å². The number of benzene rings is 1. The summed E-state index contributed by atoms with van der Waals surface area (Å²) in [6.07, 6.45) is 0.886. The van der Waals surface area contributed by atoms with Crippen molar-refractivity contribution >= 4 is 23.2 Å². The number of amides is 1. The van der Waals surface area contributed by atoms with E-state index >= 15 is 0 Å². The minimum atomic E-state index is -0.256. The zero-order chi connectivity index (χ0) is 15.7. The lowest BCUT2D eigenvalue weighted by molar-refractivity contribution is 0.0976. The van der Waals surface area contributed by atoms with Crippen molar-refractivity contribution in [3.05, 3.63) is 29.8 Å². The van der Waals surface area contributed by atoms with Gasteiger partial charge < -0.3 is 14.8 Å². The molecule has 6 heteroatoms. The summed E-state index contributed by atoms with van der Waals surface area (Å²) in [4.78, 5) is 12.1. The van der Waals surface area contributed by atoms with Crippen molar-refractivity contribution in [2.75, 3.05) is 20.3 Å². The Morgan fingerprint density at radius 1 is 1.38 bits per heavy atom. The second kappa shape index (κ2) is 9.31. The molecule has 0 atom stereocenters. The van der Waals surface area contributed by atoms with Crippen molar-refractivity contribution in [3.8, 4) is 5.75 Å². The molecule has 0 spiro atoms. The van der Waals surface area contributed by atoms with E-state index in [1.54, 1.807) is 25.3 Å². The van der Waals surface area contributed by atoms with Gasteiger partial charge in [0.25, 0.3) is 5.91 Å². The van der Waals surface area contributed by atoms with E-state index in [4.69, 9.17) is 21.7 Å². The second-order valence-electron chi connectivity index (χ2n) is 4.75. The van der Waals surface area contributed by atoms with Gasteiger partial charge in [0.05, 0.1) is 6.10 Å². The van der Waals surface area contributed by atoms with Crippen molar-refractivity contribution in [3.63, 3.8) is 0 Å². The van der Waals surface area contributed by atoms with Gasteiger partial charge in [-0.05, 0) is 50.7 Å². The topological polar surface area (TPSA) is 59.6 Å². The second-order valence-corrected chi connectivity index (χ2v) is 5.16. The van der Waals surface area contributed by atoms with Gasteiger partial charge in [-0.3, -0.25) is 10.1 Å². The van der Waals surface area contributed by atoms with E-state index in [2.05, 4.69) is 10.6 Å². The Bertz CT molecular complexity index is 478. The Hall–Kier alpha value is -1.66. The SMILES string of the molecule is COCCCNC(=S)NC(=O)c1cccc(OC(C)C)c1. The molecule has 1 amide bonds. The van der Waals surface area contributed by atoms with Crippen molar-refractivity contribution in [2.24, 2.45) is 0 Å². The van der Waals surface area contributed by atoms with Crippen LogP contribution in [0.15, 0.2) is 24.3 Å². The molecule has 0 aliphatic carbocycles. The van der Waals surface area contributed by atoms with Gasteiger partial charge in [-0.25, -0.2) is 0 Å². The van der Waals surface area contributed by atoms with E-state index in [0.717, 1.165) is 6.42 Å². The number of methoxy groups -OCH3 is 1. The van der Waals surface area contributed by atoms with E-state index < -0.39 is 0 Å². The monoisotopic (exact) mass is 310 g/mol. The lowest BCUT2D eigenvalue weighted by Crippen LogP contribution is -2.39. The van der Waals surface area contributed by atoms with Crippen LogP contribution in [-0.4, -0.2) is 37.4 Å². The molecule has 0 unspecified atom stereocenters. The number of carbonyl (C=O) groups is 1. The zero-order valence-corrected chi connectivity index (χ0v) is 13.5. The van der Waals surface area contributed by atoms with E-state index in [9.17, 15) is 4.79 Å². The first-order valence-corrected chi connectivity index (χ1v) is 7.28. The highest BCUT2D eigenvalue weighted by molar-refractivity contribution is 7.80. The van der Waals surface area contributed by atoms with Crippen LogP contribution in [0.5, 0.6) is 5.75 Å². The molecule has 0 fully saturated rings. The van der Waals surface area contributed by atoms with Gasteiger partial charge in [0.2, 0.25) is 0 Å². The molecule has 116 valence electrons. The maximum atomic E-state index is 12.1. The predicted octanol–water partition coefficient (Wildman–Crippen LogP) is 2.11. The summed E-state index contributed by atoms with van der Waals surface area (Å²) in [6.45, 7) is 5.18. The lowest BCUT2D eigenvalue weighted by Gasteiger charge is -2.12. The van der Waals surface area contributed by atoms with E-state index in [0.29, 0.717) is 29.6 Å². The van der Waals surface area contributed by atoms with Crippen LogP contribution in [0.1, 0.15) is 30.6 Å². The van der Waals surface area contributed by atoms with Crippen LogP contribution in [-0.2, 0) is 4.74 Å². The quantitative estimate of drug-likeness (QED) is 0.597. The minimum Gasteiger partial charge on any atom is -0.491 e. The van der Waals surface area contributed by atoms with Crippen molar-refractivity contribution in [1.82, 2.24) is 10.6 Å². The molecule has 0 aromatic heterocycles. The summed E-state index contributed by atoms with van der Waals surface area (Å²) in [5.41, 5.74) is 0.509. The van der Waals surface area contributed by atoms with Crippen LogP contribution in [0.2, 0.25) is 0 Å². The Morgan fingerprint density at radius 3 is 2.81 bits per heavy atom. The summed E-state index contributed by atoms with van der Waals surface area (Å²) in [5.74, 6) is 0.407. The Labute approximate surface area is 131 Å². The van der Waals surface area contributed by atoms with Crippen molar-refractivity contribution in [2.45, 2.75) is 26.4 Å². The number of ether oxygens (including phenoxy) is 2. The number of rotatable bonds is 7. The molecular formula is C15H22N2O3S. The van der Waals surface area contributed by atoms with Gasteiger partial charge in [-0.15, -0.1) is 0 Å². The fraction of sp³-hybridized carbons (Fsp3) is 0.467. The molecule has 0 bridgehead atoms. The summed E-state index contributed by atoms with van der Waals surface area (Å²) in [6, 6.07) is 7.01. The van der Waals surface area contributed by atoms with Gasteiger partial charge >= 0.3 is 0 Å². The maximum Gasteiger partial charge on any atom is 0.257 e. The van der Waals surface area contributed by atoms with Gasteiger partial charge in [-0.2, -0.15) is 0 Å². The average molecular weight is 310 g/mol. The summed E-state index contributed by atoms with van der Waals surface area (Å²) in [7, 11) is 1.65. The number of carbonyl (C=O) groups excluding carboxylic acids is 1. The molecule has 21 heavy (non-hydrogen) atoms. The fourth-order valence-electron chi connectivity index (χ4n) is 1.62. The molecule has 1 rings (SSSR count). The summed E-state index contributed by atoms with van der Waals surface area (Å²) < 4.78 is 10.5. The van der Waals surface area contributed by atoms with Gasteiger partial charge in [0.1, 0.15) is 5.75 Å². The Morgan fingerprint density at radius 2 is 2.14 bits per heavy atom. The normalized spacial score (nSPS) is 10.3. The fourth-order valence-corrected chi connectivity index (χ4v) is 1.82. The Kier molecular flexibility index (Phi) is 7.71. The molecule has 1 aromatic carbocycles. The smallest absolute Gasteiger partial charge is 0.257 e. The number of thiocarbonyl (C=S) groups is 1. The van der Waals surface area contributed by atoms with Crippen LogP contribution in [0, 0.1) is 0 Å². The van der Waals surface area contributed by atoms with Crippen molar-refractivity contribution in [1.29, 1.82) is 0 Å². The third-order valence-electron chi connectivity index (χ3n) is 2.51. The maximum absolute atomic E-state index is 12.1. The minimum absolute atomic E-state index is 0.0619. The molecule has 0 aliphatic heterocycles. The Balaban J connectivity index is 2.49. The molecule has 0 heterocycles. The highest BCUT2D eigenvalue weighted by Gasteiger charge is 2.09. The average Bonchev–Trinajstić information content (AvgIpc) is 2.43. The van der Waals surface area contributed by atoms with Crippen LogP contribution in [0.25, 0.3) is 0 Å². The number of hydrogen-bond donors (Lipinski definition) is 2. The highest BCUT2D eigenvalue weighted by atomic mass is 32.1. The van der Waals surface area contributed by atoms with Crippen LogP contribution < -0.4 is 15.4 Å². The van der Waals surface area contributed by atoms with Crippen LogP contribution >= 0.6 is 12.2 Å². The summed E-state index contributed by atoms with van der Waals surface area (Å²) in [5, 5.41) is 5.90. The molecule has 0 aliphatic rings. The predicted molar refractivity (Wildman–Crippen MR) is 86.8 cm³/mol. The van der Waals surface area contributed by atoms with Gasteiger partial charge in [-0.1, -0.05) is 6.07 Å². The molecule has 1 aromatic rings. The molecule has 0 saturated heterocycles. The zero-order valence-electron chi connectivity index (χ0n) is 12.6. The first-order chi connectivity index (χ1) is 10.0. The molecule has 0 saturated carbocycles. The molecule has 0 radical (unpaired) electrons. The third kappa shape index (κ3) is 7.06. The van der Waals surface area contributed by atoms with E-state index in [1.807, 2.05) is 19.9 Å². The van der Waals surface area contributed by atoms with Crippen molar-refractivity contribution < 1.29 is 14.3 Å². The standard InChI is InChI=1S/C15H22N2O3S/c1-11(2)20-13-7-4-6-12(10-13)14(18)17-15(21)16-8-5-9-19-3/h4,6-7,10-11H,5,8-9H2,1-3H3,(H2,16,17,18,21). The largest absolute Gasteiger partial charge is 0.491 e. The van der Waals surface area contributed by atoms with Gasteiger partial charge in [0.15, 0.2) is 5.11 Å². The summed E-state index contributed by atoms with van der Waals surface area (Å²) >= 11 is 5.07. The molecule has 2 N–H and O–H groups in total. The lowest BCUT2D eigenvalue weighted by atomic mass is 10.2. The number of hydrogen-bond acceptors (Lipinski definition) is 4. The third-order valence-corrected chi connectivity index (χ3v) is 2.75. The molecule has 5 nitrogen and oxygen atoms in total. The highest BCUT2D eigenvalue weighted by Crippen LogP contribution is 2.14. The van der Waals surface area contributed by atoms with E-state index in [-0.39, 0.29) is 12.0 Å². The molecular weight excluding hydrogens is 288 g/mol.